The van der Waals surface area contributed by atoms with Crippen LogP contribution in [0.25, 0.3) is 0 Å². The molecule has 1 aromatic carbocycles. The Hall–Kier alpha value is -1.68. The summed E-state index contributed by atoms with van der Waals surface area (Å²) in [6.07, 6.45) is 0.951. The lowest BCUT2D eigenvalue weighted by Crippen LogP contribution is -2.43. The molecule has 1 rings (SSSR count). The summed E-state index contributed by atoms with van der Waals surface area (Å²) in [7, 11) is 0. The molecule has 0 bridgehead atoms. The molecule has 4 heteroatoms. The Morgan fingerprint density at radius 3 is 2.21 bits per heavy atom. The number of aryl methyl sites for hydroxylation is 1. The monoisotopic (exact) mass is 262 g/mol. The second-order valence-corrected chi connectivity index (χ2v) is 4.62. The van der Waals surface area contributed by atoms with E-state index in [1.54, 1.807) is 4.90 Å². The van der Waals surface area contributed by atoms with Gasteiger partial charge in [-0.15, -0.1) is 0 Å². The van der Waals surface area contributed by atoms with Crippen LogP contribution in [0.3, 0.4) is 0 Å². The first-order valence-corrected chi connectivity index (χ1v) is 6.65. The SMILES string of the molecule is CCc1ccc(C(=O)C(C)N(CC)CC(N)=O)cc1. The third-order valence-electron chi connectivity index (χ3n) is 3.34. The Morgan fingerprint density at radius 2 is 1.79 bits per heavy atom. The smallest absolute Gasteiger partial charge is 0.231 e. The molecule has 0 spiro atoms. The lowest BCUT2D eigenvalue weighted by atomic mass is 10.0. The Balaban J connectivity index is 2.81. The fourth-order valence-electron chi connectivity index (χ4n) is 2.03. The summed E-state index contributed by atoms with van der Waals surface area (Å²) in [6.45, 7) is 6.51. The van der Waals surface area contributed by atoms with Crippen LogP contribution < -0.4 is 5.73 Å². The summed E-state index contributed by atoms with van der Waals surface area (Å²) in [5, 5.41) is 0. The number of ketones is 1. The number of primary amides is 1. The number of carbonyl (C=O) groups excluding carboxylic acids is 2. The predicted molar refractivity (Wildman–Crippen MR) is 76.1 cm³/mol. The summed E-state index contributed by atoms with van der Waals surface area (Å²) in [6, 6.07) is 7.27. The highest BCUT2D eigenvalue weighted by atomic mass is 16.1. The van der Waals surface area contributed by atoms with Crippen molar-refractivity contribution in [2.24, 2.45) is 5.73 Å². The van der Waals surface area contributed by atoms with E-state index in [-0.39, 0.29) is 18.4 Å². The van der Waals surface area contributed by atoms with Crippen LogP contribution in [-0.4, -0.2) is 35.7 Å². The van der Waals surface area contributed by atoms with Crippen molar-refractivity contribution in [2.75, 3.05) is 13.1 Å². The van der Waals surface area contributed by atoms with Gasteiger partial charge in [-0.1, -0.05) is 38.1 Å². The molecule has 0 aliphatic heterocycles. The second kappa shape index (κ2) is 7.04. The number of hydrogen-bond donors (Lipinski definition) is 1. The summed E-state index contributed by atoms with van der Waals surface area (Å²) in [4.78, 5) is 25.1. The van der Waals surface area contributed by atoms with Crippen LogP contribution in [0.15, 0.2) is 24.3 Å². The van der Waals surface area contributed by atoms with E-state index in [9.17, 15) is 9.59 Å². The third-order valence-corrected chi connectivity index (χ3v) is 3.34. The molecular formula is C15H22N2O2. The second-order valence-electron chi connectivity index (χ2n) is 4.62. The Morgan fingerprint density at radius 1 is 1.21 bits per heavy atom. The normalized spacial score (nSPS) is 12.4. The van der Waals surface area contributed by atoms with Crippen molar-refractivity contribution in [2.45, 2.75) is 33.2 Å². The fourth-order valence-corrected chi connectivity index (χ4v) is 2.03. The number of benzene rings is 1. The Labute approximate surface area is 114 Å². The van der Waals surface area contributed by atoms with Crippen molar-refractivity contribution in [3.63, 3.8) is 0 Å². The van der Waals surface area contributed by atoms with Gasteiger partial charge in [-0.2, -0.15) is 0 Å². The number of carbonyl (C=O) groups is 2. The first-order valence-electron chi connectivity index (χ1n) is 6.65. The maximum atomic E-state index is 12.3. The van der Waals surface area contributed by atoms with Gasteiger partial charge in [0.05, 0.1) is 12.6 Å². The fraction of sp³-hybridized carbons (Fsp3) is 0.467. The molecule has 1 amide bonds. The molecule has 0 fully saturated rings. The average molecular weight is 262 g/mol. The van der Waals surface area contributed by atoms with Gasteiger partial charge in [0, 0.05) is 5.56 Å². The first-order chi connectivity index (χ1) is 8.99. The number of rotatable bonds is 7. The molecule has 0 radical (unpaired) electrons. The van der Waals surface area contributed by atoms with E-state index in [0.717, 1.165) is 6.42 Å². The summed E-state index contributed by atoms with van der Waals surface area (Å²) >= 11 is 0. The van der Waals surface area contributed by atoms with Crippen molar-refractivity contribution in [3.8, 4) is 0 Å². The molecule has 0 aromatic heterocycles. The maximum absolute atomic E-state index is 12.3. The molecule has 0 saturated heterocycles. The quantitative estimate of drug-likeness (QED) is 0.760. The van der Waals surface area contributed by atoms with Crippen molar-refractivity contribution in [1.29, 1.82) is 0 Å². The zero-order valence-corrected chi connectivity index (χ0v) is 11.8. The predicted octanol–water partition coefficient (Wildman–Crippen LogP) is 1.63. The maximum Gasteiger partial charge on any atom is 0.231 e. The van der Waals surface area contributed by atoms with Crippen molar-refractivity contribution in [3.05, 3.63) is 35.4 Å². The van der Waals surface area contributed by atoms with Gasteiger partial charge in [0.1, 0.15) is 0 Å². The number of hydrogen-bond acceptors (Lipinski definition) is 3. The Kier molecular flexibility index (Phi) is 5.70. The van der Waals surface area contributed by atoms with E-state index in [0.29, 0.717) is 12.1 Å². The highest BCUT2D eigenvalue weighted by Gasteiger charge is 2.22. The van der Waals surface area contributed by atoms with Gasteiger partial charge in [-0.25, -0.2) is 0 Å². The molecule has 2 N–H and O–H groups in total. The van der Waals surface area contributed by atoms with Crippen LogP contribution in [0.1, 0.15) is 36.7 Å². The molecule has 1 atom stereocenters. The van der Waals surface area contributed by atoms with Gasteiger partial charge in [0.2, 0.25) is 5.91 Å². The summed E-state index contributed by atoms with van der Waals surface area (Å²) in [5.74, 6) is -0.395. The molecule has 1 aromatic rings. The molecule has 104 valence electrons. The minimum absolute atomic E-state index is 0.0192. The number of Topliss-reactive ketones (excluding diaryl/α,β-unsaturated/α-hetero) is 1. The van der Waals surface area contributed by atoms with Gasteiger partial charge >= 0.3 is 0 Å². The number of nitrogens with zero attached hydrogens (tertiary/aromatic N) is 1. The van der Waals surface area contributed by atoms with E-state index < -0.39 is 5.91 Å². The van der Waals surface area contributed by atoms with Crippen LogP contribution in [0.2, 0.25) is 0 Å². The van der Waals surface area contributed by atoms with Crippen LogP contribution in [-0.2, 0) is 11.2 Å². The molecule has 1 unspecified atom stereocenters. The molecule has 0 aliphatic rings. The van der Waals surface area contributed by atoms with Crippen molar-refractivity contribution >= 4 is 11.7 Å². The molecule has 0 aliphatic carbocycles. The van der Waals surface area contributed by atoms with Crippen LogP contribution in [0, 0.1) is 0 Å². The summed E-state index contributed by atoms with van der Waals surface area (Å²) in [5.41, 5.74) is 7.07. The molecule has 19 heavy (non-hydrogen) atoms. The van der Waals surface area contributed by atoms with Gasteiger partial charge < -0.3 is 5.73 Å². The van der Waals surface area contributed by atoms with Crippen molar-refractivity contribution in [1.82, 2.24) is 4.90 Å². The average Bonchev–Trinajstić information content (AvgIpc) is 2.43. The van der Waals surface area contributed by atoms with E-state index in [4.69, 9.17) is 5.73 Å². The molecular weight excluding hydrogens is 240 g/mol. The third kappa shape index (κ3) is 4.17. The van der Waals surface area contributed by atoms with Crippen LogP contribution in [0.4, 0.5) is 0 Å². The van der Waals surface area contributed by atoms with Crippen LogP contribution in [0.5, 0.6) is 0 Å². The lowest BCUT2D eigenvalue weighted by molar-refractivity contribution is -0.119. The molecule has 0 heterocycles. The van der Waals surface area contributed by atoms with E-state index in [1.807, 2.05) is 38.1 Å². The zero-order chi connectivity index (χ0) is 14.4. The molecule has 0 saturated carbocycles. The van der Waals surface area contributed by atoms with Crippen molar-refractivity contribution < 1.29 is 9.59 Å². The van der Waals surface area contributed by atoms with E-state index in [2.05, 4.69) is 6.92 Å². The van der Waals surface area contributed by atoms with Gasteiger partial charge in [0.25, 0.3) is 0 Å². The number of amides is 1. The van der Waals surface area contributed by atoms with Crippen LogP contribution >= 0.6 is 0 Å². The largest absolute Gasteiger partial charge is 0.369 e. The van der Waals surface area contributed by atoms with Gasteiger partial charge in [-0.05, 0) is 25.5 Å². The number of likely N-dealkylation sites (N-methyl/N-ethyl adjacent to an activating group) is 1. The van der Waals surface area contributed by atoms with E-state index >= 15 is 0 Å². The first kappa shape index (κ1) is 15.4. The van der Waals surface area contributed by atoms with Gasteiger partial charge in [-0.3, -0.25) is 14.5 Å². The zero-order valence-electron chi connectivity index (χ0n) is 11.8. The van der Waals surface area contributed by atoms with E-state index in [1.165, 1.54) is 5.56 Å². The summed E-state index contributed by atoms with van der Waals surface area (Å²) < 4.78 is 0. The highest BCUT2D eigenvalue weighted by molar-refractivity contribution is 6.00. The highest BCUT2D eigenvalue weighted by Crippen LogP contribution is 2.11. The molecule has 4 nitrogen and oxygen atoms in total. The topological polar surface area (TPSA) is 63.4 Å². The number of nitrogens with two attached hydrogens (primary N) is 1. The lowest BCUT2D eigenvalue weighted by Gasteiger charge is -2.25. The minimum Gasteiger partial charge on any atom is -0.369 e. The standard InChI is InChI=1S/C15H22N2O2/c1-4-12-6-8-13(9-7-12)15(19)11(3)17(5-2)10-14(16)18/h6-9,11H,4-5,10H2,1-3H3,(H2,16,18). The van der Waals surface area contributed by atoms with Gasteiger partial charge in [0.15, 0.2) is 5.78 Å². The minimum atomic E-state index is -0.414. The Bertz CT molecular complexity index is 440.